The van der Waals surface area contributed by atoms with Crippen molar-refractivity contribution >= 4 is 17.4 Å². The molecule has 2 nitrogen and oxygen atoms in total. The maximum atomic E-state index is 12.2. The summed E-state index contributed by atoms with van der Waals surface area (Å²) in [4.78, 5) is 12.2. The van der Waals surface area contributed by atoms with Gasteiger partial charge in [-0.2, -0.15) is 0 Å². The molecule has 2 rings (SSSR count). The number of hydrogen-bond donors (Lipinski definition) is 0. The summed E-state index contributed by atoms with van der Waals surface area (Å²) >= 11 is 5.95. The fraction of sp³-hybridized carbons (Fsp3) is 0.389. The molecule has 1 aromatic heterocycles. The van der Waals surface area contributed by atoms with Crippen LogP contribution in [0.3, 0.4) is 0 Å². The lowest BCUT2D eigenvalue weighted by Gasteiger charge is -2.19. The summed E-state index contributed by atoms with van der Waals surface area (Å²) < 4.78 is 2.21. The fourth-order valence-corrected chi connectivity index (χ4v) is 2.95. The largest absolute Gasteiger partial charge is 0.341 e. The van der Waals surface area contributed by atoms with Crippen molar-refractivity contribution in [1.82, 2.24) is 4.57 Å². The molecular formula is C18H22ClNO. The summed E-state index contributed by atoms with van der Waals surface area (Å²) in [6.45, 7) is 9.99. The number of nitrogens with zero attached hydrogens (tertiary/aromatic N) is 1. The standard InChI is InChI=1S/C18H22ClNO/c1-11-6-8-16(9-7-11)14(4)20-12(2)10-17(15(20)5)18(21)13(3)19/h6-10,13-14H,1-5H3. The van der Waals surface area contributed by atoms with Gasteiger partial charge in [0.1, 0.15) is 0 Å². The van der Waals surface area contributed by atoms with E-state index in [2.05, 4.69) is 42.7 Å². The first-order chi connectivity index (χ1) is 9.82. The molecule has 0 spiro atoms. The second kappa shape index (κ2) is 6.07. The van der Waals surface area contributed by atoms with Crippen molar-refractivity contribution in [2.24, 2.45) is 0 Å². The third-order valence-electron chi connectivity index (χ3n) is 4.06. The van der Waals surface area contributed by atoms with E-state index in [1.807, 2.05) is 19.9 Å². The zero-order valence-electron chi connectivity index (χ0n) is 13.3. The van der Waals surface area contributed by atoms with Crippen molar-refractivity contribution in [1.29, 1.82) is 0 Å². The zero-order chi connectivity index (χ0) is 15.7. The van der Waals surface area contributed by atoms with E-state index in [4.69, 9.17) is 11.6 Å². The number of aromatic nitrogens is 1. The number of benzene rings is 1. The third kappa shape index (κ3) is 3.06. The van der Waals surface area contributed by atoms with Gasteiger partial charge >= 0.3 is 0 Å². The van der Waals surface area contributed by atoms with Crippen LogP contribution in [0.1, 0.15) is 52.8 Å². The van der Waals surface area contributed by atoms with E-state index in [-0.39, 0.29) is 11.8 Å². The van der Waals surface area contributed by atoms with Crippen molar-refractivity contribution in [3.8, 4) is 0 Å². The second-order valence-corrected chi connectivity index (χ2v) is 6.38. The predicted octanol–water partition coefficient (Wildman–Crippen LogP) is 4.83. The Bertz CT molecular complexity index is 653. The summed E-state index contributed by atoms with van der Waals surface area (Å²) in [5, 5.41) is -0.492. The predicted molar refractivity (Wildman–Crippen MR) is 88.5 cm³/mol. The number of hydrogen-bond acceptors (Lipinski definition) is 1. The minimum Gasteiger partial charge on any atom is -0.341 e. The van der Waals surface area contributed by atoms with Crippen LogP contribution in [0.2, 0.25) is 0 Å². The monoisotopic (exact) mass is 303 g/mol. The number of aryl methyl sites for hydroxylation is 2. The lowest BCUT2D eigenvalue weighted by molar-refractivity contribution is 0.0991. The molecule has 3 heteroatoms. The molecule has 0 fully saturated rings. The van der Waals surface area contributed by atoms with Crippen LogP contribution in [0, 0.1) is 20.8 Å². The van der Waals surface area contributed by atoms with Gasteiger partial charge in [0.05, 0.1) is 11.4 Å². The van der Waals surface area contributed by atoms with Crippen molar-refractivity contribution in [2.45, 2.75) is 46.0 Å². The Balaban J connectivity index is 2.44. The number of ketones is 1. The Hall–Kier alpha value is -1.54. The highest BCUT2D eigenvalue weighted by Gasteiger charge is 2.21. The molecule has 0 N–H and O–H groups in total. The minimum absolute atomic E-state index is 0.00729. The molecule has 0 radical (unpaired) electrons. The van der Waals surface area contributed by atoms with E-state index in [9.17, 15) is 4.79 Å². The maximum absolute atomic E-state index is 12.2. The smallest absolute Gasteiger partial charge is 0.182 e. The van der Waals surface area contributed by atoms with Gasteiger partial charge in [0.2, 0.25) is 0 Å². The van der Waals surface area contributed by atoms with Gasteiger partial charge in [0.15, 0.2) is 5.78 Å². The van der Waals surface area contributed by atoms with Gasteiger partial charge < -0.3 is 4.57 Å². The van der Waals surface area contributed by atoms with Crippen LogP contribution >= 0.6 is 11.6 Å². The van der Waals surface area contributed by atoms with Gasteiger partial charge in [0, 0.05) is 17.0 Å². The summed E-state index contributed by atoms with van der Waals surface area (Å²) in [6.07, 6.45) is 0. The highest BCUT2D eigenvalue weighted by Crippen LogP contribution is 2.27. The molecular weight excluding hydrogens is 282 g/mol. The highest BCUT2D eigenvalue weighted by atomic mass is 35.5. The molecule has 1 aromatic carbocycles. The average molecular weight is 304 g/mol. The highest BCUT2D eigenvalue weighted by molar-refractivity contribution is 6.33. The topological polar surface area (TPSA) is 22.0 Å². The minimum atomic E-state index is -0.492. The molecule has 0 saturated heterocycles. The lowest BCUT2D eigenvalue weighted by Crippen LogP contribution is -2.14. The Morgan fingerprint density at radius 2 is 1.67 bits per heavy atom. The summed E-state index contributed by atoms with van der Waals surface area (Å²) in [7, 11) is 0. The van der Waals surface area contributed by atoms with Crippen LogP contribution in [-0.2, 0) is 0 Å². The van der Waals surface area contributed by atoms with E-state index < -0.39 is 5.38 Å². The Kier molecular flexibility index (Phi) is 4.58. The van der Waals surface area contributed by atoms with E-state index >= 15 is 0 Å². The first kappa shape index (κ1) is 15.8. The maximum Gasteiger partial charge on any atom is 0.182 e. The summed E-state index contributed by atoms with van der Waals surface area (Å²) in [6, 6.07) is 10.7. The summed E-state index contributed by atoms with van der Waals surface area (Å²) in [5.41, 5.74) is 5.28. The van der Waals surface area contributed by atoms with Crippen LogP contribution < -0.4 is 0 Å². The van der Waals surface area contributed by atoms with E-state index in [0.29, 0.717) is 0 Å². The van der Waals surface area contributed by atoms with Gasteiger partial charge in [0.25, 0.3) is 0 Å². The Morgan fingerprint density at radius 1 is 1.10 bits per heavy atom. The molecule has 0 aliphatic carbocycles. The molecule has 0 saturated carbocycles. The van der Waals surface area contributed by atoms with Crippen molar-refractivity contribution < 1.29 is 4.79 Å². The van der Waals surface area contributed by atoms with Crippen LogP contribution in [-0.4, -0.2) is 15.7 Å². The zero-order valence-corrected chi connectivity index (χ0v) is 14.0. The van der Waals surface area contributed by atoms with Crippen LogP contribution in [0.25, 0.3) is 0 Å². The van der Waals surface area contributed by atoms with E-state index in [1.54, 1.807) is 6.92 Å². The lowest BCUT2D eigenvalue weighted by atomic mass is 10.1. The van der Waals surface area contributed by atoms with Crippen LogP contribution in [0.4, 0.5) is 0 Å². The molecule has 1 heterocycles. The Morgan fingerprint density at radius 3 is 2.19 bits per heavy atom. The van der Waals surface area contributed by atoms with Gasteiger partial charge in [-0.05, 0) is 46.2 Å². The molecule has 0 bridgehead atoms. The third-order valence-corrected chi connectivity index (χ3v) is 4.26. The molecule has 0 aliphatic heterocycles. The van der Waals surface area contributed by atoms with Crippen molar-refractivity contribution in [3.63, 3.8) is 0 Å². The van der Waals surface area contributed by atoms with Crippen LogP contribution in [0.5, 0.6) is 0 Å². The number of carbonyl (C=O) groups is 1. The molecule has 21 heavy (non-hydrogen) atoms. The van der Waals surface area contributed by atoms with Gasteiger partial charge in [-0.25, -0.2) is 0 Å². The van der Waals surface area contributed by atoms with E-state index in [0.717, 1.165) is 17.0 Å². The van der Waals surface area contributed by atoms with Crippen molar-refractivity contribution in [2.75, 3.05) is 0 Å². The quantitative estimate of drug-likeness (QED) is 0.585. The molecule has 0 aliphatic rings. The normalized spacial score (nSPS) is 14.0. The van der Waals surface area contributed by atoms with Gasteiger partial charge in [-0.15, -0.1) is 11.6 Å². The Labute approximate surface area is 131 Å². The molecule has 112 valence electrons. The molecule has 2 aromatic rings. The number of halogens is 1. The fourth-order valence-electron chi connectivity index (χ4n) is 2.83. The molecule has 2 unspecified atom stereocenters. The van der Waals surface area contributed by atoms with Crippen LogP contribution in [0.15, 0.2) is 30.3 Å². The summed E-state index contributed by atoms with van der Waals surface area (Å²) in [5.74, 6) is -0.00729. The SMILES string of the molecule is Cc1ccc(C(C)n2c(C)cc(C(=O)C(C)Cl)c2C)cc1. The first-order valence-corrected chi connectivity index (χ1v) is 7.69. The number of carbonyl (C=O) groups excluding carboxylic acids is 1. The van der Waals surface area contributed by atoms with Gasteiger partial charge in [-0.3, -0.25) is 4.79 Å². The molecule has 0 amide bonds. The van der Waals surface area contributed by atoms with E-state index in [1.165, 1.54) is 11.1 Å². The number of alkyl halides is 1. The number of rotatable bonds is 4. The first-order valence-electron chi connectivity index (χ1n) is 7.26. The average Bonchev–Trinajstić information content (AvgIpc) is 2.73. The molecule has 2 atom stereocenters. The number of Topliss-reactive ketones (excluding diaryl/α,β-unsaturated/α-hetero) is 1. The second-order valence-electron chi connectivity index (χ2n) is 5.72. The van der Waals surface area contributed by atoms with Crippen molar-refractivity contribution in [3.05, 3.63) is 58.4 Å². The van der Waals surface area contributed by atoms with Gasteiger partial charge in [-0.1, -0.05) is 29.8 Å².